The second kappa shape index (κ2) is 20.9. The van der Waals surface area contributed by atoms with E-state index < -0.39 is 30.3 Å². The third kappa shape index (κ3) is 13.1. The van der Waals surface area contributed by atoms with E-state index in [1.807, 2.05) is 75.5 Å². The number of carbonyl (C=O) groups excluding carboxylic acids is 1. The maximum Gasteiger partial charge on any atom is 0.326 e. The molecule has 6 N–H and O–H groups in total. The minimum Gasteiger partial charge on any atom is -0.506 e. The third-order valence-electron chi connectivity index (χ3n) is 8.27. The Kier molecular flexibility index (Phi) is 18.2. The zero-order valence-corrected chi connectivity index (χ0v) is 35.3. The summed E-state index contributed by atoms with van der Waals surface area (Å²) in [6.07, 6.45) is 11.8. The summed E-state index contributed by atoms with van der Waals surface area (Å²) >= 11 is 8.38. The number of aliphatic hydroxyl groups excluding tert-OH is 3. The Bertz CT molecular complexity index is 1410. The second-order valence-electron chi connectivity index (χ2n) is 12.0. The molecule has 48 heavy (non-hydrogen) atoms. The van der Waals surface area contributed by atoms with Gasteiger partial charge >= 0.3 is 5.97 Å². The van der Waals surface area contributed by atoms with Gasteiger partial charge in [0.25, 0.3) is 0 Å². The maximum atomic E-state index is 12.7. The van der Waals surface area contributed by atoms with E-state index in [0.29, 0.717) is 50.7 Å². The standard InChI is InChI=1S/C35H43I4NO8/c1-2-3-6-9-21(41)12-13-24-23(30(42)19-31(24)43)10-7-4-5-8-11-32(44)40-29(35(46)47)16-20-14-27(38)34(28(39)15-20)48-22-17-25(36)33(45)26(37)18-22/h4,7,12-15,17-18,21,23-24,29-31,41-43,45H,2-3,5-6,8-11,16,19H2,1H3,(H,40,44)(H,46,47)/t21-,23+,24+,29?,30-,31+/m0/s1. The van der Waals surface area contributed by atoms with Crippen LogP contribution in [0.2, 0.25) is 0 Å². The highest BCUT2D eigenvalue weighted by Crippen LogP contribution is 2.38. The average molecular weight is 1110 g/mol. The van der Waals surface area contributed by atoms with E-state index in [0.717, 1.165) is 32.0 Å². The van der Waals surface area contributed by atoms with Crippen molar-refractivity contribution in [2.75, 3.05) is 0 Å². The van der Waals surface area contributed by atoms with Gasteiger partial charge in [0.2, 0.25) is 5.91 Å². The number of phenols is 1. The lowest BCUT2D eigenvalue weighted by molar-refractivity contribution is -0.141. The van der Waals surface area contributed by atoms with Gasteiger partial charge in [0.15, 0.2) is 5.75 Å². The van der Waals surface area contributed by atoms with Crippen molar-refractivity contribution in [1.29, 1.82) is 0 Å². The Labute approximate surface area is 337 Å². The zero-order chi connectivity index (χ0) is 35.4. The first kappa shape index (κ1) is 41.7. The van der Waals surface area contributed by atoms with Gasteiger partial charge in [0, 0.05) is 25.2 Å². The number of rotatable bonds is 18. The van der Waals surface area contributed by atoms with Crippen molar-refractivity contribution in [3.8, 4) is 17.2 Å². The van der Waals surface area contributed by atoms with Crippen LogP contribution in [0.1, 0.15) is 70.3 Å². The van der Waals surface area contributed by atoms with E-state index in [4.69, 9.17) is 4.74 Å². The lowest BCUT2D eigenvalue weighted by Crippen LogP contribution is -2.42. The molecule has 1 unspecified atom stereocenters. The number of carbonyl (C=O) groups is 2. The topological polar surface area (TPSA) is 157 Å². The van der Waals surface area contributed by atoms with Gasteiger partial charge in [-0.1, -0.05) is 50.5 Å². The minimum absolute atomic E-state index is 0.114. The predicted octanol–water partition coefficient (Wildman–Crippen LogP) is 7.69. The number of amides is 1. The molecule has 1 fully saturated rings. The molecule has 0 heterocycles. The van der Waals surface area contributed by atoms with Gasteiger partial charge in [0.1, 0.15) is 17.5 Å². The van der Waals surface area contributed by atoms with E-state index in [1.54, 1.807) is 18.2 Å². The Morgan fingerprint density at radius 2 is 1.65 bits per heavy atom. The fourth-order valence-corrected chi connectivity index (χ4v) is 9.49. The Balaban J connectivity index is 1.48. The van der Waals surface area contributed by atoms with Gasteiger partial charge in [-0.3, -0.25) is 4.79 Å². The number of unbranched alkanes of at least 4 members (excludes halogenated alkanes) is 3. The molecule has 13 heteroatoms. The van der Waals surface area contributed by atoms with Crippen molar-refractivity contribution in [1.82, 2.24) is 5.32 Å². The molecule has 0 bridgehead atoms. The van der Waals surface area contributed by atoms with Gasteiger partial charge in [-0.05, 0) is 152 Å². The molecule has 9 nitrogen and oxygen atoms in total. The third-order valence-corrected chi connectivity index (χ3v) is 11.5. The van der Waals surface area contributed by atoms with Crippen LogP contribution in [0, 0.1) is 26.1 Å². The molecule has 3 rings (SSSR count). The molecule has 0 aromatic heterocycles. The largest absolute Gasteiger partial charge is 0.506 e. The Hall–Kier alpha value is -0.740. The number of aromatic hydroxyl groups is 1. The predicted molar refractivity (Wildman–Crippen MR) is 219 cm³/mol. The highest BCUT2D eigenvalue weighted by atomic mass is 127. The highest BCUT2D eigenvalue weighted by Gasteiger charge is 2.39. The van der Waals surface area contributed by atoms with Crippen LogP contribution in [0.15, 0.2) is 48.6 Å². The number of halogens is 4. The number of allylic oxidation sites excluding steroid dienone is 2. The summed E-state index contributed by atoms with van der Waals surface area (Å²) in [6.45, 7) is 2.11. The van der Waals surface area contributed by atoms with Crippen LogP contribution in [0.25, 0.3) is 0 Å². The quantitative estimate of drug-likeness (QED) is 0.0505. The first-order valence-corrected chi connectivity index (χ1v) is 20.4. The Morgan fingerprint density at radius 3 is 2.27 bits per heavy atom. The molecular formula is C35H43I4NO8. The lowest BCUT2D eigenvalue weighted by Gasteiger charge is -2.19. The van der Waals surface area contributed by atoms with Crippen molar-refractivity contribution >= 4 is 102 Å². The monoisotopic (exact) mass is 1110 g/mol. The second-order valence-corrected chi connectivity index (χ2v) is 16.7. The summed E-state index contributed by atoms with van der Waals surface area (Å²) in [4.78, 5) is 24.7. The smallest absolute Gasteiger partial charge is 0.326 e. The molecule has 0 aliphatic heterocycles. The number of carboxylic acids is 1. The number of carboxylic acid groups (broad SMARTS) is 1. The van der Waals surface area contributed by atoms with Crippen LogP contribution in [0.5, 0.6) is 17.2 Å². The highest BCUT2D eigenvalue weighted by molar-refractivity contribution is 14.1. The summed E-state index contributed by atoms with van der Waals surface area (Å²) in [7, 11) is 0. The van der Waals surface area contributed by atoms with Crippen molar-refractivity contribution in [3.63, 3.8) is 0 Å². The summed E-state index contributed by atoms with van der Waals surface area (Å²) in [6, 6.07) is 6.09. The van der Waals surface area contributed by atoms with Crippen LogP contribution >= 0.6 is 90.4 Å². The van der Waals surface area contributed by atoms with E-state index in [1.165, 1.54) is 0 Å². The molecule has 0 radical (unpaired) electrons. The number of ether oxygens (including phenoxy) is 1. The van der Waals surface area contributed by atoms with Crippen molar-refractivity contribution in [2.45, 2.75) is 95.5 Å². The van der Waals surface area contributed by atoms with Crippen molar-refractivity contribution < 1.29 is 39.9 Å². The van der Waals surface area contributed by atoms with E-state index >= 15 is 0 Å². The number of phenolic OH excluding ortho intramolecular Hbond substituents is 1. The number of benzene rings is 2. The molecule has 1 aliphatic rings. The molecule has 2 aromatic rings. The minimum atomic E-state index is -1.11. The van der Waals surface area contributed by atoms with Gasteiger partial charge in [-0.2, -0.15) is 0 Å². The van der Waals surface area contributed by atoms with Crippen LogP contribution < -0.4 is 10.1 Å². The van der Waals surface area contributed by atoms with Crippen molar-refractivity contribution in [2.24, 2.45) is 11.8 Å². The number of nitrogens with one attached hydrogen (secondary N) is 1. The maximum absolute atomic E-state index is 12.7. The van der Waals surface area contributed by atoms with E-state index in [-0.39, 0.29) is 36.3 Å². The Morgan fingerprint density at radius 1 is 0.979 bits per heavy atom. The van der Waals surface area contributed by atoms with Gasteiger partial charge in [-0.25, -0.2) is 4.79 Å². The van der Waals surface area contributed by atoms with Gasteiger partial charge < -0.3 is 35.6 Å². The zero-order valence-electron chi connectivity index (χ0n) is 26.6. The fourth-order valence-electron chi connectivity index (χ4n) is 5.66. The molecule has 264 valence electrons. The average Bonchev–Trinajstić information content (AvgIpc) is 3.29. The van der Waals surface area contributed by atoms with Crippen molar-refractivity contribution in [3.05, 3.63) is 68.4 Å². The summed E-state index contributed by atoms with van der Waals surface area (Å²) in [5.74, 6) is -0.422. The van der Waals surface area contributed by atoms with E-state index in [2.05, 4.69) is 57.4 Å². The molecule has 6 atom stereocenters. The molecule has 0 spiro atoms. The van der Waals surface area contributed by atoms with Crippen LogP contribution in [-0.4, -0.2) is 61.8 Å². The van der Waals surface area contributed by atoms with Crippen LogP contribution in [0.3, 0.4) is 0 Å². The molecule has 1 saturated carbocycles. The first-order valence-electron chi connectivity index (χ1n) is 16.0. The first-order chi connectivity index (χ1) is 22.8. The number of aliphatic hydroxyl groups is 3. The normalized spacial score (nSPS) is 20.8. The number of aliphatic carboxylic acids is 1. The van der Waals surface area contributed by atoms with E-state index in [9.17, 15) is 35.1 Å². The summed E-state index contributed by atoms with van der Waals surface area (Å²) in [5.41, 5.74) is 0.750. The molecule has 0 saturated heterocycles. The fraction of sp³-hybridized carbons (Fsp3) is 0.486. The molecule has 2 aromatic carbocycles. The number of hydrogen-bond acceptors (Lipinski definition) is 7. The SMILES string of the molecule is CCCCC[C@H](O)C=C[C@@H]1[C@@H](CC=CCCCC(=O)NC(Cc2cc(I)c(Oc3cc(I)c(O)c(I)c3)c(I)c2)C(=O)O)[C@@H](O)C[C@H]1O. The van der Waals surface area contributed by atoms with Gasteiger partial charge in [-0.15, -0.1) is 0 Å². The summed E-state index contributed by atoms with van der Waals surface area (Å²) in [5, 5.41) is 53.7. The molecule has 1 amide bonds. The van der Waals surface area contributed by atoms with Crippen LogP contribution in [-0.2, 0) is 16.0 Å². The molecular weight excluding hydrogens is 1070 g/mol. The van der Waals surface area contributed by atoms with Gasteiger partial charge in [0.05, 0.1) is 32.6 Å². The summed E-state index contributed by atoms with van der Waals surface area (Å²) < 4.78 is 9.03. The molecule has 1 aliphatic carbocycles. The lowest BCUT2D eigenvalue weighted by atomic mass is 9.89. The van der Waals surface area contributed by atoms with Crippen LogP contribution in [0.4, 0.5) is 0 Å². The number of hydrogen-bond donors (Lipinski definition) is 6.